The van der Waals surface area contributed by atoms with Gasteiger partial charge in [0.15, 0.2) is 0 Å². The van der Waals surface area contributed by atoms with Crippen LogP contribution in [0.5, 0.6) is 0 Å². The smallest absolute Gasteiger partial charge is 0.0000929 e. The minimum atomic E-state index is 1.34. The average molecular weight is 975 g/mol. The standard InChI is InChI=1S/C32H14.C24H12.C22H12/c1-2-16-6-10-20-14-22-12-8-18-4-3-17-7-11-21-13-19-9-5-15(1)23-24(16)28(20)32-30(22)26(18)25(17)29(21)31(32)27(19)23;1-2-14-5-6-16-9-11-18-12-10-17-8-7-15-4-3-13(1)19-20(14)22(16)24(18)23(17)21(15)19;1-3-13-7-9-15-11-12-16-10-8-14-4-2-6-18-17(5-1)19(13)21(15)22(16)20(14)18/h1-14H;1-12H;1-12H. The van der Waals surface area contributed by atoms with E-state index in [1.165, 1.54) is 215 Å². The van der Waals surface area contributed by atoms with E-state index in [1.807, 2.05) is 0 Å². The van der Waals surface area contributed by atoms with Crippen LogP contribution in [0, 0.1) is 0 Å². The maximum Gasteiger partial charge on any atom is -0.0000929 e. The Balaban J connectivity index is 0.0000000859. The largest absolute Gasteiger partial charge is 0.0610 e. The summed E-state index contributed by atoms with van der Waals surface area (Å²) in [5.74, 6) is 0. The highest BCUT2D eigenvalue weighted by Gasteiger charge is 2.27. The van der Waals surface area contributed by atoms with Gasteiger partial charge in [0.05, 0.1) is 0 Å². The fourth-order valence-corrected chi connectivity index (χ4v) is 16.3. The van der Waals surface area contributed by atoms with Crippen LogP contribution >= 0.6 is 0 Å². The van der Waals surface area contributed by atoms with Gasteiger partial charge >= 0.3 is 0 Å². The lowest BCUT2D eigenvalue weighted by Gasteiger charge is -2.25. The van der Waals surface area contributed by atoms with E-state index in [4.69, 9.17) is 0 Å². The minimum absolute atomic E-state index is 1.34. The van der Waals surface area contributed by atoms with Gasteiger partial charge in [0.2, 0.25) is 0 Å². The molecule has 0 aliphatic rings. The molecule has 23 aromatic carbocycles. The van der Waals surface area contributed by atoms with Crippen molar-refractivity contribution in [2.24, 2.45) is 0 Å². The summed E-state index contributed by atoms with van der Waals surface area (Å²) < 4.78 is 0. The normalized spacial score (nSPS) is 13.1. The number of fused-ring (bicyclic) bond motifs is 1. The first-order chi connectivity index (χ1) is 38.7. The maximum absolute atomic E-state index is 2.42. The molecule has 0 spiro atoms. The Bertz CT molecular complexity index is 5560. The van der Waals surface area contributed by atoms with Crippen molar-refractivity contribution < 1.29 is 0 Å². The molecule has 0 atom stereocenters. The second-order valence-electron chi connectivity index (χ2n) is 22.9. The van der Waals surface area contributed by atoms with E-state index < -0.39 is 0 Å². The van der Waals surface area contributed by atoms with E-state index in [9.17, 15) is 0 Å². The van der Waals surface area contributed by atoms with E-state index in [-0.39, 0.29) is 0 Å². The summed E-state index contributed by atoms with van der Waals surface area (Å²) >= 11 is 0. The highest BCUT2D eigenvalue weighted by Crippen LogP contribution is 2.55. The van der Waals surface area contributed by atoms with Crippen molar-refractivity contribution in [3.05, 3.63) is 231 Å². The Labute approximate surface area is 443 Å². The molecule has 0 amide bonds. The monoisotopic (exact) mass is 974 g/mol. The fourth-order valence-electron chi connectivity index (χ4n) is 16.3. The van der Waals surface area contributed by atoms with Gasteiger partial charge in [-0.15, -0.1) is 0 Å². The molecule has 0 heteroatoms. The Kier molecular flexibility index (Phi) is 6.68. The van der Waals surface area contributed by atoms with Gasteiger partial charge in [-0.3, -0.25) is 0 Å². The van der Waals surface area contributed by atoms with E-state index in [0.717, 1.165) is 0 Å². The predicted octanol–water partition coefficient (Wildman–Crippen LogP) is 22.5. The molecule has 350 valence electrons. The topological polar surface area (TPSA) is 0 Å². The van der Waals surface area contributed by atoms with Crippen LogP contribution < -0.4 is 0 Å². The van der Waals surface area contributed by atoms with E-state index >= 15 is 0 Å². The quantitative estimate of drug-likeness (QED) is 0.105. The van der Waals surface area contributed by atoms with Crippen molar-refractivity contribution >= 4 is 215 Å². The second-order valence-corrected chi connectivity index (χ2v) is 22.9. The molecule has 0 saturated carbocycles. The lowest BCUT2D eigenvalue weighted by atomic mass is 9.77. The van der Waals surface area contributed by atoms with Crippen LogP contribution in [0.2, 0.25) is 0 Å². The Morgan fingerprint density at radius 2 is 0.244 bits per heavy atom. The molecule has 0 saturated heterocycles. The van der Waals surface area contributed by atoms with Crippen molar-refractivity contribution in [2.75, 3.05) is 0 Å². The van der Waals surface area contributed by atoms with Gasteiger partial charge in [-0.2, -0.15) is 0 Å². The zero-order chi connectivity index (χ0) is 50.0. The molecule has 78 heavy (non-hydrogen) atoms. The SMILES string of the molecule is c1cc2ccc3cc4ccc5ccc6ccc7cc8ccc1c1c2c3c2c4c5c6c7c2c81.c1cc2ccc3ccc4ccc5ccc6ccc1c1c2c3c4c5c61.c1cc2ccc3ccc4ccc5cccc6c(c1)c2c3c4c56. The van der Waals surface area contributed by atoms with Gasteiger partial charge in [-0.25, -0.2) is 0 Å². The Hall–Kier alpha value is -10.1. The molecule has 23 rings (SSSR count). The number of hydrogen-bond donors (Lipinski definition) is 0. The first kappa shape index (κ1) is 39.3. The van der Waals surface area contributed by atoms with Crippen molar-refractivity contribution in [3.8, 4) is 0 Å². The summed E-state index contributed by atoms with van der Waals surface area (Å²) in [5.41, 5.74) is 0. The summed E-state index contributed by atoms with van der Waals surface area (Å²) in [6.07, 6.45) is 0. The van der Waals surface area contributed by atoms with Crippen LogP contribution in [0.15, 0.2) is 231 Å². The molecular weight excluding hydrogens is 937 g/mol. The van der Waals surface area contributed by atoms with Gasteiger partial charge in [-0.05, 0) is 228 Å². The van der Waals surface area contributed by atoms with E-state index in [1.54, 1.807) is 0 Å². The molecule has 0 aliphatic carbocycles. The minimum Gasteiger partial charge on any atom is -0.0610 e. The Morgan fingerprint density at radius 3 is 0.436 bits per heavy atom. The molecule has 23 aromatic rings. The van der Waals surface area contributed by atoms with Crippen LogP contribution in [-0.4, -0.2) is 0 Å². The third kappa shape index (κ3) is 4.47. The summed E-state index contributed by atoms with van der Waals surface area (Å²) in [6, 6.07) is 86.8. The van der Waals surface area contributed by atoms with Gasteiger partial charge in [0, 0.05) is 0 Å². The molecule has 0 bridgehead atoms. The van der Waals surface area contributed by atoms with Crippen LogP contribution in [-0.2, 0) is 0 Å². The van der Waals surface area contributed by atoms with Crippen molar-refractivity contribution in [1.29, 1.82) is 0 Å². The summed E-state index contributed by atoms with van der Waals surface area (Å²) in [7, 11) is 0. The molecule has 0 aromatic heterocycles. The number of rotatable bonds is 0. The van der Waals surface area contributed by atoms with E-state index in [2.05, 4.69) is 231 Å². The molecule has 0 unspecified atom stereocenters. The Morgan fingerprint density at radius 1 is 0.103 bits per heavy atom. The lowest BCUT2D eigenvalue weighted by Crippen LogP contribution is -1.96. The first-order valence-corrected chi connectivity index (χ1v) is 27.6. The number of benzene rings is 23. The lowest BCUT2D eigenvalue weighted by molar-refractivity contribution is 1.79. The van der Waals surface area contributed by atoms with E-state index in [0.29, 0.717) is 0 Å². The molecule has 0 fully saturated rings. The van der Waals surface area contributed by atoms with Gasteiger partial charge in [0.25, 0.3) is 0 Å². The van der Waals surface area contributed by atoms with Crippen LogP contribution in [0.4, 0.5) is 0 Å². The predicted molar refractivity (Wildman–Crippen MR) is 341 cm³/mol. The first-order valence-electron chi connectivity index (χ1n) is 27.6. The third-order valence-electron chi connectivity index (χ3n) is 19.4. The highest BCUT2D eigenvalue weighted by atomic mass is 14.3. The van der Waals surface area contributed by atoms with Crippen LogP contribution in [0.1, 0.15) is 0 Å². The molecule has 0 radical (unpaired) electrons. The van der Waals surface area contributed by atoms with Gasteiger partial charge in [-0.1, -0.05) is 218 Å². The third-order valence-corrected chi connectivity index (χ3v) is 19.4. The zero-order valence-corrected chi connectivity index (χ0v) is 41.9. The van der Waals surface area contributed by atoms with Crippen LogP contribution in [0.3, 0.4) is 0 Å². The second kappa shape index (κ2) is 13.3. The van der Waals surface area contributed by atoms with Crippen molar-refractivity contribution in [2.45, 2.75) is 0 Å². The maximum atomic E-state index is 2.42. The van der Waals surface area contributed by atoms with Gasteiger partial charge in [0.1, 0.15) is 0 Å². The fraction of sp³-hybridized carbons (Fsp3) is 0. The highest BCUT2D eigenvalue weighted by molar-refractivity contribution is 6.54. The summed E-state index contributed by atoms with van der Waals surface area (Å²) in [4.78, 5) is 0. The molecule has 0 nitrogen and oxygen atoms in total. The number of hydrogen-bond acceptors (Lipinski definition) is 0. The molecular formula is C78H38. The van der Waals surface area contributed by atoms with Crippen LogP contribution in [0.25, 0.3) is 215 Å². The molecule has 0 heterocycles. The molecule has 0 N–H and O–H groups in total. The van der Waals surface area contributed by atoms with Crippen molar-refractivity contribution in [1.82, 2.24) is 0 Å². The summed E-state index contributed by atoms with van der Waals surface area (Å²) in [5, 5.41) is 55.9. The molecule has 0 aliphatic heterocycles. The zero-order valence-electron chi connectivity index (χ0n) is 41.9. The average Bonchev–Trinajstić information content (AvgIpc) is 3.68. The van der Waals surface area contributed by atoms with Gasteiger partial charge < -0.3 is 0 Å². The van der Waals surface area contributed by atoms with Crippen molar-refractivity contribution in [3.63, 3.8) is 0 Å². The summed E-state index contributed by atoms with van der Waals surface area (Å²) in [6.45, 7) is 0.